The van der Waals surface area contributed by atoms with Gasteiger partial charge in [-0.3, -0.25) is 0 Å². The van der Waals surface area contributed by atoms with Crippen LogP contribution in [-0.4, -0.2) is 17.2 Å². The van der Waals surface area contributed by atoms with Gasteiger partial charge in [-0.05, 0) is 31.1 Å². The van der Waals surface area contributed by atoms with Crippen molar-refractivity contribution in [3.05, 3.63) is 11.5 Å². The molecule has 0 atom stereocenters. The van der Waals surface area contributed by atoms with E-state index in [1.807, 2.05) is 0 Å². The topological polar surface area (TPSA) is 40.5 Å². The summed E-state index contributed by atoms with van der Waals surface area (Å²) in [6.45, 7) is 4.53. The van der Waals surface area contributed by atoms with Gasteiger partial charge in [0.05, 0.1) is 0 Å². The fourth-order valence-corrected chi connectivity index (χ4v) is 1.63. The zero-order chi connectivity index (χ0) is 9.19. The quantitative estimate of drug-likeness (QED) is 0.582. The van der Waals surface area contributed by atoms with Gasteiger partial charge in [-0.15, -0.1) is 0 Å². The molecule has 0 aromatic carbocycles. The Hall–Kier alpha value is -0.275. The van der Waals surface area contributed by atoms with Gasteiger partial charge in [-0.1, -0.05) is 25.4 Å². The van der Waals surface area contributed by atoms with Crippen LogP contribution >= 0.6 is 0 Å². The Balaban J connectivity index is 2.46. The molecular formula is C9H17BO2. The fourth-order valence-electron chi connectivity index (χ4n) is 1.63. The first-order chi connectivity index (χ1) is 5.49. The zero-order valence-corrected chi connectivity index (χ0v) is 7.88. The Labute approximate surface area is 74.4 Å². The number of hydrogen-bond acceptors (Lipinski definition) is 2. The lowest BCUT2D eigenvalue weighted by molar-refractivity contribution is 0.278. The van der Waals surface area contributed by atoms with Crippen molar-refractivity contribution in [1.82, 2.24) is 0 Å². The van der Waals surface area contributed by atoms with Crippen molar-refractivity contribution in [3.63, 3.8) is 0 Å². The predicted octanol–water partition coefficient (Wildman–Crippen LogP) is 1.52. The van der Waals surface area contributed by atoms with Crippen LogP contribution in [0.1, 0.15) is 39.5 Å². The Bertz CT molecular complexity index is 173. The number of hydrogen-bond donors (Lipinski definition) is 2. The Morgan fingerprint density at radius 3 is 2.17 bits per heavy atom. The molecule has 0 radical (unpaired) electrons. The third-order valence-electron chi connectivity index (χ3n) is 2.63. The van der Waals surface area contributed by atoms with Crippen molar-refractivity contribution < 1.29 is 10.0 Å². The predicted molar refractivity (Wildman–Crippen MR) is 50.5 cm³/mol. The van der Waals surface area contributed by atoms with Crippen LogP contribution in [0.5, 0.6) is 0 Å². The van der Waals surface area contributed by atoms with Gasteiger partial charge >= 0.3 is 7.12 Å². The molecule has 0 spiro atoms. The van der Waals surface area contributed by atoms with E-state index in [9.17, 15) is 0 Å². The van der Waals surface area contributed by atoms with Crippen LogP contribution in [-0.2, 0) is 0 Å². The molecular weight excluding hydrogens is 151 g/mol. The highest BCUT2D eigenvalue weighted by Crippen LogP contribution is 2.37. The van der Waals surface area contributed by atoms with E-state index in [0.717, 1.165) is 25.7 Å². The molecule has 1 rings (SSSR count). The van der Waals surface area contributed by atoms with E-state index < -0.39 is 7.12 Å². The summed E-state index contributed by atoms with van der Waals surface area (Å²) in [5.74, 6) is 1.56. The van der Waals surface area contributed by atoms with Crippen LogP contribution < -0.4 is 0 Å². The van der Waals surface area contributed by atoms with E-state index >= 15 is 0 Å². The van der Waals surface area contributed by atoms with E-state index in [4.69, 9.17) is 10.0 Å². The Morgan fingerprint density at radius 1 is 1.25 bits per heavy atom. The van der Waals surface area contributed by atoms with Crippen molar-refractivity contribution >= 4 is 7.12 Å². The summed E-state index contributed by atoms with van der Waals surface area (Å²) in [7, 11) is -1.26. The second-order valence-corrected chi connectivity index (χ2v) is 4.40. The van der Waals surface area contributed by atoms with Crippen LogP contribution in [0.25, 0.3) is 0 Å². The normalized spacial score (nSPS) is 22.2. The minimum absolute atomic E-state index is 0.442. The summed E-state index contributed by atoms with van der Waals surface area (Å²) in [5, 5.41) is 17.4. The molecule has 0 bridgehead atoms. The van der Waals surface area contributed by atoms with Crippen LogP contribution in [0.2, 0.25) is 0 Å². The summed E-state index contributed by atoms with van der Waals surface area (Å²) in [4.78, 5) is 0. The molecule has 1 aliphatic carbocycles. The van der Waals surface area contributed by atoms with Crippen molar-refractivity contribution in [2.24, 2.45) is 5.41 Å². The summed E-state index contributed by atoms with van der Waals surface area (Å²) in [6, 6.07) is 0. The van der Waals surface area contributed by atoms with Gasteiger partial charge in [0.25, 0.3) is 0 Å². The highest BCUT2D eigenvalue weighted by molar-refractivity contribution is 6.47. The first-order valence-corrected chi connectivity index (χ1v) is 4.55. The standard InChI is InChI=1S/C9H17BO2/c1-9(2)5-3-8(4-6-9)7-10(11)12/h7,11-12H,3-6H2,1-2H3. The molecule has 1 fully saturated rings. The molecule has 0 amide bonds. The number of allylic oxidation sites excluding steroid dienone is 1. The van der Waals surface area contributed by atoms with Gasteiger partial charge in [-0.2, -0.15) is 0 Å². The fraction of sp³-hybridized carbons (Fsp3) is 0.778. The lowest BCUT2D eigenvalue weighted by Gasteiger charge is -2.30. The molecule has 2 nitrogen and oxygen atoms in total. The van der Waals surface area contributed by atoms with Crippen molar-refractivity contribution in [2.45, 2.75) is 39.5 Å². The molecule has 68 valence electrons. The van der Waals surface area contributed by atoms with E-state index in [1.54, 1.807) is 5.98 Å². The van der Waals surface area contributed by atoms with Crippen molar-refractivity contribution in [3.8, 4) is 0 Å². The molecule has 0 aliphatic heterocycles. The highest BCUT2D eigenvalue weighted by Gasteiger charge is 2.23. The van der Waals surface area contributed by atoms with Crippen LogP contribution in [0.4, 0.5) is 0 Å². The van der Waals surface area contributed by atoms with Gasteiger partial charge in [-0.25, -0.2) is 0 Å². The number of rotatable bonds is 1. The Kier molecular flexibility index (Phi) is 2.96. The van der Waals surface area contributed by atoms with E-state index in [2.05, 4.69) is 13.8 Å². The lowest BCUT2D eigenvalue weighted by atomic mass is 9.73. The Morgan fingerprint density at radius 2 is 1.75 bits per heavy atom. The maximum Gasteiger partial charge on any atom is 0.480 e. The van der Waals surface area contributed by atoms with Gasteiger partial charge in [0.15, 0.2) is 0 Å². The maximum absolute atomic E-state index is 8.71. The minimum Gasteiger partial charge on any atom is -0.424 e. The first-order valence-electron chi connectivity index (χ1n) is 4.55. The monoisotopic (exact) mass is 168 g/mol. The van der Waals surface area contributed by atoms with Gasteiger partial charge in [0.2, 0.25) is 0 Å². The summed E-state index contributed by atoms with van der Waals surface area (Å²) in [6.07, 6.45) is 4.35. The lowest BCUT2D eigenvalue weighted by Crippen LogP contribution is -2.18. The van der Waals surface area contributed by atoms with Crippen molar-refractivity contribution in [2.75, 3.05) is 0 Å². The van der Waals surface area contributed by atoms with E-state index in [1.165, 1.54) is 5.57 Å². The molecule has 3 heteroatoms. The van der Waals surface area contributed by atoms with Crippen LogP contribution in [0, 0.1) is 5.41 Å². The second kappa shape index (κ2) is 3.63. The maximum atomic E-state index is 8.71. The minimum atomic E-state index is -1.26. The molecule has 1 aliphatic rings. The third kappa shape index (κ3) is 2.99. The van der Waals surface area contributed by atoms with Crippen LogP contribution in [0.15, 0.2) is 11.5 Å². The smallest absolute Gasteiger partial charge is 0.424 e. The average Bonchev–Trinajstić information content (AvgIpc) is 1.93. The summed E-state index contributed by atoms with van der Waals surface area (Å²) < 4.78 is 0. The SMILES string of the molecule is CC1(C)CCC(=CB(O)O)CC1. The second-order valence-electron chi connectivity index (χ2n) is 4.40. The molecule has 0 heterocycles. The van der Waals surface area contributed by atoms with Crippen molar-refractivity contribution in [1.29, 1.82) is 0 Å². The van der Waals surface area contributed by atoms with Gasteiger partial charge < -0.3 is 10.0 Å². The van der Waals surface area contributed by atoms with Crippen LogP contribution in [0.3, 0.4) is 0 Å². The van der Waals surface area contributed by atoms with E-state index in [0.29, 0.717) is 5.41 Å². The molecule has 2 N–H and O–H groups in total. The molecule has 12 heavy (non-hydrogen) atoms. The van der Waals surface area contributed by atoms with Gasteiger partial charge in [0, 0.05) is 0 Å². The molecule has 0 saturated heterocycles. The summed E-state index contributed by atoms with van der Waals surface area (Å²) in [5.41, 5.74) is 1.64. The molecule has 0 aromatic heterocycles. The molecule has 0 aromatic rings. The first kappa shape index (κ1) is 9.81. The van der Waals surface area contributed by atoms with Gasteiger partial charge in [0.1, 0.15) is 0 Å². The average molecular weight is 168 g/mol. The zero-order valence-electron chi connectivity index (χ0n) is 7.88. The molecule has 0 unspecified atom stereocenters. The van der Waals surface area contributed by atoms with E-state index in [-0.39, 0.29) is 0 Å². The summed E-state index contributed by atoms with van der Waals surface area (Å²) >= 11 is 0. The molecule has 1 saturated carbocycles. The largest absolute Gasteiger partial charge is 0.480 e. The highest BCUT2D eigenvalue weighted by atomic mass is 16.4. The third-order valence-corrected chi connectivity index (χ3v) is 2.63.